The lowest BCUT2D eigenvalue weighted by molar-refractivity contribution is 0.0954. The molecule has 0 unspecified atom stereocenters. The number of hydrogen-bond donors (Lipinski definition) is 1. The first-order chi connectivity index (χ1) is 13.7. The van der Waals surface area contributed by atoms with Gasteiger partial charge in [-0.2, -0.15) is 0 Å². The van der Waals surface area contributed by atoms with Crippen LogP contribution >= 0.6 is 0 Å². The van der Waals surface area contributed by atoms with Crippen LogP contribution in [0.5, 0.6) is 11.5 Å². The normalized spacial score (nSPS) is 10.4. The zero-order valence-corrected chi connectivity index (χ0v) is 16.3. The van der Waals surface area contributed by atoms with Gasteiger partial charge in [0, 0.05) is 17.7 Å². The fourth-order valence-corrected chi connectivity index (χ4v) is 2.97. The van der Waals surface area contributed by atoms with Crippen molar-refractivity contribution < 1.29 is 14.3 Å². The van der Waals surface area contributed by atoms with Crippen LogP contribution in [0.15, 0.2) is 72.8 Å². The highest BCUT2D eigenvalue weighted by Crippen LogP contribution is 2.22. The molecule has 0 aliphatic rings. The molecule has 144 valence electrons. The SMILES string of the molecule is COc1ccc(C(=O)NCCc2ccccc2)cc1COc1cccc(C)c1. The molecule has 0 aliphatic heterocycles. The van der Waals surface area contributed by atoms with E-state index < -0.39 is 0 Å². The lowest BCUT2D eigenvalue weighted by Crippen LogP contribution is -2.25. The molecule has 0 aliphatic carbocycles. The highest BCUT2D eigenvalue weighted by atomic mass is 16.5. The molecular formula is C24H25NO3. The Kier molecular flexibility index (Phi) is 6.68. The molecule has 3 aromatic carbocycles. The summed E-state index contributed by atoms with van der Waals surface area (Å²) in [6.07, 6.45) is 0.798. The van der Waals surface area contributed by atoms with Gasteiger partial charge in [-0.3, -0.25) is 4.79 Å². The first kappa shape index (κ1) is 19.5. The second-order valence-electron chi connectivity index (χ2n) is 6.62. The minimum Gasteiger partial charge on any atom is -0.496 e. The smallest absolute Gasteiger partial charge is 0.251 e. The van der Waals surface area contributed by atoms with Crippen molar-refractivity contribution in [2.75, 3.05) is 13.7 Å². The second-order valence-corrected chi connectivity index (χ2v) is 6.62. The van der Waals surface area contributed by atoms with Crippen LogP contribution in [0, 0.1) is 6.92 Å². The van der Waals surface area contributed by atoms with E-state index in [1.165, 1.54) is 5.56 Å². The number of nitrogens with one attached hydrogen (secondary N) is 1. The summed E-state index contributed by atoms with van der Waals surface area (Å²) in [5.74, 6) is 1.39. The fraction of sp³-hybridized carbons (Fsp3) is 0.208. The molecule has 0 radical (unpaired) electrons. The van der Waals surface area contributed by atoms with Crippen LogP contribution in [0.1, 0.15) is 27.0 Å². The summed E-state index contributed by atoms with van der Waals surface area (Å²) >= 11 is 0. The van der Waals surface area contributed by atoms with Gasteiger partial charge in [0.15, 0.2) is 0 Å². The van der Waals surface area contributed by atoms with E-state index in [0.29, 0.717) is 24.5 Å². The maximum absolute atomic E-state index is 12.5. The standard InChI is InChI=1S/C24H25NO3/c1-18-7-6-10-22(15-18)28-17-21-16-20(11-12-23(21)27-2)24(26)25-14-13-19-8-4-3-5-9-19/h3-12,15-16H,13-14,17H2,1-2H3,(H,25,26). The third kappa shape index (κ3) is 5.36. The largest absolute Gasteiger partial charge is 0.496 e. The Morgan fingerprint density at radius 2 is 1.79 bits per heavy atom. The zero-order chi connectivity index (χ0) is 19.8. The third-order valence-corrected chi connectivity index (χ3v) is 4.47. The van der Waals surface area contributed by atoms with Crippen molar-refractivity contribution in [3.05, 3.63) is 95.1 Å². The van der Waals surface area contributed by atoms with Gasteiger partial charge in [-0.25, -0.2) is 0 Å². The molecular weight excluding hydrogens is 350 g/mol. The lowest BCUT2D eigenvalue weighted by Gasteiger charge is -2.13. The zero-order valence-electron chi connectivity index (χ0n) is 16.3. The summed E-state index contributed by atoms with van der Waals surface area (Å²) in [4.78, 5) is 12.5. The first-order valence-corrected chi connectivity index (χ1v) is 9.34. The molecule has 1 amide bonds. The number of carbonyl (C=O) groups is 1. The van der Waals surface area contributed by atoms with Gasteiger partial charge in [0.05, 0.1) is 7.11 Å². The van der Waals surface area contributed by atoms with E-state index in [1.54, 1.807) is 19.2 Å². The monoisotopic (exact) mass is 375 g/mol. The fourth-order valence-electron chi connectivity index (χ4n) is 2.97. The van der Waals surface area contributed by atoms with Crippen LogP contribution in [0.25, 0.3) is 0 Å². The van der Waals surface area contributed by atoms with Gasteiger partial charge in [0.25, 0.3) is 5.91 Å². The van der Waals surface area contributed by atoms with Crippen molar-refractivity contribution in [1.29, 1.82) is 0 Å². The Balaban J connectivity index is 1.63. The number of carbonyl (C=O) groups excluding carboxylic acids is 1. The summed E-state index contributed by atoms with van der Waals surface area (Å²) in [5, 5.41) is 2.97. The Labute approximate surface area is 166 Å². The number of aryl methyl sites for hydroxylation is 1. The van der Waals surface area contributed by atoms with Gasteiger partial charge in [-0.05, 0) is 54.8 Å². The van der Waals surface area contributed by atoms with Crippen LogP contribution in [-0.2, 0) is 13.0 Å². The topological polar surface area (TPSA) is 47.6 Å². The van der Waals surface area contributed by atoms with Crippen molar-refractivity contribution >= 4 is 5.91 Å². The van der Waals surface area contributed by atoms with Gasteiger partial charge < -0.3 is 14.8 Å². The minimum atomic E-state index is -0.101. The summed E-state index contributed by atoms with van der Waals surface area (Å²) < 4.78 is 11.3. The summed E-state index contributed by atoms with van der Waals surface area (Å²) in [5.41, 5.74) is 3.76. The Morgan fingerprint density at radius 1 is 0.964 bits per heavy atom. The molecule has 28 heavy (non-hydrogen) atoms. The maximum Gasteiger partial charge on any atom is 0.251 e. The maximum atomic E-state index is 12.5. The van der Waals surface area contributed by atoms with Crippen molar-refractivity contribution in [2.24, 2.45) is 0 Å². The van der Waals surface area contributed by atoms with Crippen molar-refractivity contribution in [3.8, 4) is 11.5 Å². The average Bonchev–Trinajstić information content (AvgIpc) is 2.73. The Bertz CT molecular complexity index is 922. The molecule has 4 heteroatoms. The number of amides is 1. The van der Waals surface area contributed by atoms with Gasteiger partial charge >= 0.3 is 0 Å². The van der Waals surface area contributed by atoms with E-state index in [2.05, 4.69) is 17.4 Å². The predicted octanol–water partition coefficient (Wildman–Crippen LogP) is 4.56. The summed E-state index contributed by atoms with van der Waals surface area (Å²) in [6.45, 7) is 2.94. The molecule has 1 N–H and O–H groups in total. The molecule has 4 nitrogen and oxygen atoms in total. The molecule has 0 fully saturated rings. The number of benzene rings is 3. The molecule has 3 aromatic rings. The second kappa shape index (κ2) is 9.60. The van der Waals surface area contributed by atoms with Crippen molar-refractivity contribution in [3.63, 3.8) is 0 Å². The quantitative estimate of drug-likeness (QED) is 0.628. The van der Waals surface area contributed by atoms with Gasteiger partial charge in [-0.15, -0.1) is 0 Å². The van der Waals surface area contributed by atoms with E-state index in [-0.39, 0.29) is 5.91 Å². The molecule has 3 rings (SSSR count). The molecule has 0 heterocycles. The van der Waals surface area contributed by atoms with Crippen LogP contribution in [0.2, 0.25) is 0 Å². The molecule has 0 spiro atoms. The minimum absolute atomic E-state index is 0.101. The van der Waals surface area contributed by atoms with Gasteiger partial charge in [0.2, 0.25) is 0 Å². The average molecular weight is 375 g/mol. The van der Waals surface area contributed by atoms with E-state index >= 15 is 0 Å². The summed E-state index contributed by atoms with van der Waals surface area (Å²) in [7, 11) is 1.62. The van der Waals surface area contributed by atoms with Crippen LogP contribution in [0.4, 0.5) is 0 Å². The van der Waals surface area contributed by atoms with Crippen molar-refractivity contribution in [1.82, 2.24) is 5.32 Å². The first-order valence-electron chi connectivity index (χ1n) is 9.34. The van der Waals surface area contributed by atoms with E-state index in [0.717, 1.165) is 23.3 Å². The van der Waals surface area contributed by atoms with Crippen LogP contribution in [0.3, 0.4) is 0 Å². The molecule has 0 aromatic heterocycles. The molecule has 0 saturated heterocycles. The van der Waals surface area contributed by atoms with Gasteiger partial charge in [0.1, 0.15) is 18.1 Å². The molecule has 0 bridgehead atoms. The number of methoxy groups -OCH3 is 1. The van der Waals surface area contributed by atoms with E-state index in [9.17, 15) is 4.79 Å². The van der Waals surface area contributed by atoms with Crippen LogP contribution in [-0.4, -0.2) is 19.6 Å². The molecule has 0 saturated carbocycles. The van der Waals surface area contributed by atoms with Crippen molar-refractivity contribution in [2.45, 2.75) is 20.0 Å². The highest BCUT2D eigenvalue weighted by Gasteiger charge is 2.11. The lowest BCUT2D eigenvalue weighted by atomic mass is 10.1. The van der Waals surface area contributed by atoms with E-state index in [4.69, 9.17) is 9.47 Å². The number of hydrogen-bond acceptors (Lipinski definition) is 3. The highest BCUT2D eigenvalue weighted by molar-refractivity contribution is 5.94. The molecule has 0 atom stereocenters. The number of ether oxygens (including phenoxy) is 2. The van der Waals surface area contributed by atoms with Crippen LogP contribution < -0.4 is 14.8 Å². The van der Waals surface area contributed by atoms with Gasteiger partial charge in [-0.1, -0.05) is 42.5 Å². The summed E-state index contributed by atoms with van der Waals surface area (Å²) in [6, 6.07) is 23.4. The van der Waals surface area contributed by atoms with E-state index in [1.807, 2.05) is 55.5 Å². The Hall–Kier alpha value is -3.27. The third-order valence-electron chi connectivity index (χ3n) is 4.47. The predicted molar refractivity (Wildman–Crippen MR) is 111 cm³/mol. The number of rotatable bonds is 8. The Morgan fingerprint density at radius 3 is 2.54 bits per heavy atom.